The van der Waals surface area contributed by atoms with E-state index in [9.17, 15) is 28.1 Å². The molecule has 1 aliphatic rings. The van der Waals surface area contributed by atoms with Crippen molar-refractivity contribution in [3.8, 4) is 11.5 Å². The summed E-state index contributed by atoms with van der Waals surface area (Å²) in [6.07, 6.45) is -2.26. The fraction of sp³-hybridized carbons (Fsp3) is 0.120. The second-order valence-corrected chi connectivity index (χ2v) is 9.17. The monoisotopic (exact) mass is 547 g/mol. The molecule has 1 fully saturated rings. The molecule has 0 saturated carbocycles. The van der Waals surface area contributed by atoms with Crippen molar-refractivity contribution in [2.24, 2.45) is 4.99 Å². The van der Waals surface area contributed by atoms with Gasteiger partial charge in [-0.25, -0.2) is 4.99 Å². The molecule has 1 aliphatic heterocycles. The molecule has 4 rings (SSSR count). The molecule has 1 amide bonds. The van der Waals surface area contributed by atoms with Gasteiger partial charge in [0, 0.05) is 6.07 Å². The zero-order valence-corrected chi connectivity index (χ0v) is 20.6. The number of aryl methyl sites for hydroxylation is 1. The van der Waals surface area contributed by atoms with Crippen LogP contribution in [0.4, 0.5) is 24.5 Å². The summed E-state index contributed by atoms with van der Waals surface area (Å²) >= 11 is 7.41. The summed E-state index contributed by atoms with van der Waals surface area (Å²) in [5.41, 5.74) is 0.374. The highest BCUT2D eigenvalue weighted by molar-refractivity contribution is 8.18. The van der Waals surface area contributed by atoms with E-state index in [1.807, 2.05) is 24.3 Å². The molecule has 0 unspecified atom stereocenters. The van der Waals surface area contributed by atoms with Crippen molar-refractivity contribution in [1.82, 2.24) is 5.32 Å². The van der Waals surface area contributed by atoms with Gasteiger partial charge < -0.3 is 10.1 Å². The van der Waals surface area contributed by atoms with E-state index in [2.05, 4.69) is 17.2 Å². The maximum atomic E-state index is 12.9. The van der Waals surface area contributed by atoms with Gasteiger partial charge in [0.25, 0.3) is 5.91 Å². The Bertz CT molecular complexity index is 1440. The highest BCUT2D eigenvalue weighted by atomic mass is 35.5. The van der Waals surface area contributed by atoms with E-state index in [0.717, 1.165) is 24.2 Å². The van der Waals surface area contributed by atoms with Crippen molar-refractivity contribution in [3.05, 3.63) is 97.4 Å². The Kier molecular flexibility index (Phi) is 7.55. The molecule has 37 heavy (non-hydrogen) atoms. The van der Waals surface area contributed by atoms with Crippen LogP contribution < -0.4 is 10.1 Å². The fourth-order valence-electron chi connectivity index (χ4n) is 3.29. The second-order valence-electron chi connectivity index (χ2n) is 7.73. The van der Waals surface area contributed by atoms with Gasteiger partial charge in [-0.15, -0.1) is 0 Å². The number of alkyl halides is 3. The number of nitrogens with one attached hydrogen (secondary N) is 1. The lowest BCUT2D eigenvalue weighted by molar-refractivity contribution is -0.385. The molecule has 3 aromatic rings. The number of nitro benzene ring substituents is 1. The third-order valence-corrected chi connectivity index (χ3v) is 6.39. The Morgan fingerprint density at radius 1 is 1.11 bits per heavy atom. The zero-order valence-electron chi connectivity index (χ0n) is 19.0. The minimum atomic E-state index is -4.75. The number of carbonyl (C=O) groups is 1. The number of halogens is 4. The number of rotatable bonds is 6. The standard InChI is InChI=1S/C25H17ClF3N3O4S/c1-2-14-3-7-17(8-4-14)30-24-31-23(33)22(37-24)12-15-5-9-20(18(26)11-15)36-21-10-6-16(25(27,28)29)13-19(21)32(34)35/h3-13H,2H2,1H3,(H,30,31,33)/b22-12-. The summed E-state index contributed by atoms with van der Waals surface area (Å²) in [6, 6.07) is 14.0. The SMILES string of the molecule is CCc1ccc(N=C2NC(=O)/C(=C/c3ccc(Oc4ccc(C(F)(F)F)cc4[N+](=O)[O-])c(Cl)c3)S2)cc1. The number of benzene rings is 3. The van der Waals surface area contributed by atoms with Crippen LogP contribution in [-0.4, -0.2) is 16.0 Å². The number of ether oxygens (including phenoxy) is 1. The lowest BCUT2D eigenvalue weighted by Gasteiger charge is -2.11. The maximum Gasteiger partial charge on any atom is 0.416 e. The van der Waals surface area contributed by atoms with Crippen molar-refractivity contribution < 1.29 is 27.6 Å². The van der Waals surface area contributed by atoms with Crippen molar-refractivity contribution >= 4 is 51.9 Å². The van der Waals surface area contributed by atoms with E-state index in [4.69, 9.17) is 16.3 Å². The maximum absolute atomic E-state index is 12.9. The van der Waals surface area contributed by atoms with Crippen LogP contribution >= 0.6 is 23.4 Å². The van der Waals surface area contributed by atoms with Crippen molar-refractivity contribution in [1.29, 1.82) is 0 Å². The first-order chi connectivity index (χ1) is 17.5. The average molecular weight is 548 g/mol. The van der Waals surface area contributed by atoms with Crippen LogP contribution in [0.5, 0.6) is 11.5 Å². The number of nitro groups is 1. The van der Waals surface area contributed by atoms with Crippen LogP contribution in [0.25, 0.3) is 6.08 Å². The first-order valence-corrected chi connectivity index (χ1v) is 11.9. The van der Waals surface area contributed by atoms with Gasteiger partial charge in [-0.1, -0.05) is 36.7 Å². The normalized spacial score (nSPS) is 15.8. The van der Waals surface area contributed by atoms with Crippen LogP contribution in [0.3, 0.4) is 0 Å². The summed E-state index contributed by atoms with van der Waals surface area (Å²) in [7, 11) is 0. The Hall–Kier alpha value is -3.83. The number of aliphatic imine (C=N–C) groups is 1. The summed E-state index contributed by atoms with van der Waals surface area (Å²) in [5.74, 6) is -0.747. The summed E-state index contributed by atoms with van der Waals surface area (Å²) in [4.78, 5) is 27.5. The van der Waals surface area contributed by atoms with Crippen LogP contribution in [-0.2, 0) is 17.4 Å². The number of hydrogen-bond donors (Lipinski definition) is 1. The molecular formula is C25H17ClF3N3O4S. The molecule has 0 aromatic heterocycles. The first kappa shape index (κ1) is 26.2. The molecule has 7 nitrogen and oxygen atoms in total. The third kappa shape index (κ3) is 6.30. The Morgan fingerprint density at radius 3 is 2.43 bits per heavy atom. The van der Waals surface area contributed by atoms with Crippen molar-refractivity contribution in [2.45, 2.75) is 19.5 Å². The van der Waals surface area contributed by atoms with E-state index in [1.54, 1.807) is 12.1 Å². The van der Waals surface area contributed by atoms with E-state index < -0.39 is 28.1 Å². The molecule has 1 heterocycles. The Morgan fingerprint density at radius 2 is 1.81 bits per heavy atom. The molecule has 0 atom stereocenters. The third-order valence-electron chi connectivity index (χ3n) is 5.18. The van der Waals surface area contributed by atoms with E-state index >= 15 is 0 Å². The molecule has 12 heteroatoms. The van der Waals surface area contributed by atoms with Crippen LogP contribution in [0, 0.1) is 10.1 Å². The average Bonchev–Trinajstić information content (AvgIpc) is 3.18. The molecular weight excluding hydrogens is 531 g/mol. The molecule has 3 aromatic carbocycles. The Labute approximate surface area is 218 Å². The topological polar surface area (TPSA) is 93.8 Å². The van der Waals surface area contributed by atoms with E-state index in [-0.39, 0.29) is 16.7 Å². The minimum absolute atomic E-state index is 0.00650. The van der Waals surface area contributed by atoms with Gasteiger partial charge in [-0.05, 0) is 71.8 Å². The van der Waals surface area contributed by atoms with Crippen LogP contribution in [0.15, 0.2) is 70.6 Å². The number of hydrogen-bond acceptors (Lipinski definition) is 6. The smallest absolute Gasteiger partial charge is 0.416 e. The molecule has 0 radical (unpaired) electrons. The summed E-state index contributed by atoms with van der Waals surface area (Å²) in [5, 5.41) is 14.4. The molecule has 0 aliphatic carbocycles. The number of carbonyl (C=O) groups excluding carboxylic acids is 1. The van der Waals surface area contributed by atoms with Gasteiger partial charge in [0.2, 0.25) is 5.75 Å². The Balaban J connectivity index is 1.53. The largest absolute Gasteiger partial charge is 0.449 e. The van der Waals surface area contributed by atoms with Crippen LogP contribution in [0.1, 0.15) is 23.6 Å². The molecule has 1 saturated heterocycles. The molecule has 1 N–H and O–H groups in total. The van der Waals surface area contributed by atoms with Gasteiger partial charge in [0.05, 0.1) is 26.1 Å². The lowest BCUT2D eigenvalue weighted by atomic mass is 10.1. The van der Waals surface area contributed by atoms with Gasteiger partial charge in [-0.3, -0.25) is 14.9 Å². The highest BCUT2D eigenvalue weighted by Gasteiger charge is 2.33. The van der Waals surface area contributed by atoms with Gasteiger partial charge >= 0.3 is 11.9 Å². The fourth-order valence-corrected chi connectivity index (χ4v) is 4.36. The van der Waals surface area contributed by atoms with Gasteiger partial charge in [0.1, 0.15) is 5.75 Å². The van der Waals surface area contributed by atoms with Crippen molar-refractivity contribution in [2.75, 3.05) is 0 Å². The van der Waals surface area contributed by atoms with Crippen LogP contribution in [0.2, 0.25) is 5.02 Å². The number of amidine groups is 1. The lowest BCUT2D eigenvalue weighted by Crippen LogP contribution is -2.19. The molecule has 190 valence electrons. The number of amides is 1. The second kappa shape index (κ2) is 10.7. The predicted molar refractivity (Wildman–Crippen MR) is 136 cm³/mol. The van der Waals surface area contributed by atoms with Gasteiger partial charge in [-0.2, -0.15) is 13.2 Å². The molecule has 0 bridgehead atoms. The minimum Gasteiger partial charge on any atom is -0.449 e. The van der Waals surface area contributed by atoms with E-state index in [0.29, 0.717) is 33.5 Å². The number of thioether (sulfide) groups is 1. The highest BCUT2D eigenvalue weighted by Crippen LogP contribution is 2.40. The summed E-state index contributed by atoms with van der Waals surface area (Å²) < 4.78 is 44.2. The predicted octanol–water partition coefficient (Wildman–Crippen LogP) is 7.51. The summed E-state index contributed by atoms with van der Waals surface area (Å²) in [6.45, 7) is 2.05. The van der Waals surface area contributed by atoms with Gasteiger partial charge in [0.15, 0.2) is 5.17 Å². The number of nitrogens with zero attached hydrogens (tertiary/aromatic N) is 2. The quantitative estimate of drug-likeness (QED) is 0.196. The zero-order chi connectivity index (χ0) is 26.7. The first-order valence-electron chi connectivity index (χ1n) is 10.7. The van der Waals surface area contributed by atoms with Crippen molar-refractivity contribution in [3.63, 3.8) is 0 Å². The van der Waals surface area contributed by atoms with E-state index in [1.165, 1.54) is 17.7 Å². The molecule has 0 spiro atoms.